The number of para-hydroxylation sites is 1. The lowest BCUT2D eigenvalue weighted by Crippen LogP contribution is -2.46. The Morgan fingerprint density at radius 2 is 1.79 bits per heavy atom. The van der Waals surface area contributed by atoms with Gasteiger partial charge in [0.25, 0.3) is 5.91 Å². The molecule has 3 amide bonds. The summed E-state index contributed by atoms with van der Waals surface area (Å²) in [6, 6.07) is 12.6. The van der Waals surface area contributed by atoms with Crippen molar-refractivity contribution in [1.29, 1.82) is 0 Å². The zero-order valence-electron chi connectivity index (χ0n) is 19.8. The highest BCUT2D eigenvalue weighted by Crippen LogP contribution is 2.27. The Bertz CT molecular complexity index is 984. The van der Waals surface area contributed by atoms with E-state index < -0.39 is 29.6 Å². The van der Waals surface area contributed by atoms with Gasteiger partial charge >= 0.3 is 6.09 Å². The first-order valence-electron chi connectivity index (χ1n) is 10.9. The Morgan fingerprint density at radius 1 is 1.09 bits per heavy atom. The highest BCUT2D eigenvalue weighted by molar-refractivity contribution is 5.98. The number of phenols is 1. The van der Waals surface area contributed by atoms with Crippen molar-refractivity contribution in [2.45, 2.75) is 52.7 Å². The predicted molar refractivity (Wildman–Crippen MR) is 127 cm³/mol. The van der Waals surface area contributed by atoms with Gasteiger partial charge in [-0.1, -0.05) is 37.3 Å². The van der Waals surface area contributed by atoms with Crippen molar-refractivity contribution in [3.8, 4) is 5.75 Å². The second-order valence-corrected chi connectivity index (χ2v) is 8.74. The van der Waals surface area contributed by atoms with Gasteiger partial charge < -0.3 is 25.4 Å². The van der Waals surface area contributed by atoms with Gasteiger partial charge in [-0.25, -0.2) is 4.79 Å². The molecule has 0 saturated heterocycles. The highest BCUT2D eigenvalue weighted by atomic mass is 16.6. The highest BCUT2D eigenvalue weighted by Gasteiger charge is 2.32. The van der Waals surface area contributed by atoms with Crippen molar-refractivity contribution < 1.29 is 24.2 Å². The van der Waals surface area contributed by atoms with Crippen LogP contribution in [0.2, 0.25) is 0 Å². The van der Waals surface area contributed by atoms with E-state index in [-0.39, 0.29) is 18.8 Å². The van der Waals surface area contributed by atoms with Gasteiger partial charge in [-0.05, 0) is 63.4 Å². The van der Waals surface area contributed by atoms with Gasteiger partial charge in [0.15, 0.2) is 0 Å². The summed E-state index contributed by atoms with van der Waals surface area (Å²) >= 11 is 0. The van der Waals surface area contributed by atoms with Gasteiger partial charge in [0.05, 0.1) is 0 Å². The number of alkyl carbamates (subject to hydrolysis) is 1. The van der Waals surface area contributed by atoms with Gasteiger partial charge in [-0.3, -0.25) is 9.59 Å². The fraction of sp³-hybridized carbons (Fsp3) is 0.400. The van der Waals surface area contributed by atoms with Crippen molar-refractivity contribution in [2.75, 3.05) is 18.4 Å². The summed E-state index contributed by atoms with van der Waals surface area (Å²) in [6.07, 6.45) is -0.129. The largest absolute Gasteiger partial charge is 0.508 e. The fourth-order valence-corrected chi connectivity index (χ4v) is 3.28. The van der Waals surface area contributed by atoms with E-state index in [9.17, 15) is 19.5 Å². The molecular formula is C25H33N3O5. The van der Waals surface area contributed by atoms with E-state index in [1.165, 1.54) is 17.0 Å². The van der Waals surface area contributed by atoms with Crippen molar-refractivity contribution in [2.24, 2.45) is 0 Å². The lowest BCUT2D eigenvalue weighted by molar-refractivity contribution is -0.138. The molecule has 0 aliphatic heterocycles. The molecule has 8 heteroatoms. The number of anilines is 1. The third-order valence-electron chi connectivity index (χ3n) is 4.72. The molecular weight excluding hydrogens is 422 g/mol. The molecule has 1 unspecified atom stereocenters. The molecule has 0 aliphatic carbocycles. The molecule has 1 atom stereocenters. The number of amides is 3. The number of phenolic OH excluding ortho intramolecular Hbond substituents is 1. The van der Waals surface area contributed by atoms with Crippen molar-refractivity contribution in [1.82, 2.24) is 10.2 Å². The van der Waals surface area contributed by atoms with Crippen molar-refractivity contribution >= 4 is 23.6 Å². The van der Waals surface area contributed by atoms with Gasteiger partial charge in [0, 0.05) is 12.2 Å². The number of carbonyl (C=O) groups is 3. The van der Waals surface area contributed by atoms with Crippen LogP contribution >= 0.6 is 0 Å². The monoisotopic (exact) mass is 455 g/mol. The van der Waals surface area contributed by atoms with Crippen molar-refractivity contribution in [3.05, 3.63) is 59.7 Å². The summed E-state index contributed by atoms with van der Waals surface area (Å²) in [5.74, 6) is -0.887. The molecule has 3 N–H and O–H groups in total. The second kappa shape index (κ2) is 11.4. The lowest BCUT2D eigenvalue weighted by atomic mass is 10.0. The average molecular weight is 456 g/mol. The first-order chi connectivity index (χ1) is 15.5. The number of rotatable bonds is 8. The maximum Gasteiger partial charge on any atom is 0.408 e. The van der Waals surface area contributed by atoms with Crippen LogP contribution in [0.1, 0.15) is 51.3 Å². The molecule has 0 fully saturated rings. The van der Waals surface area contributed by atoms with Crippen LogP contribution in [0.15, 0.2) is 48.5 Å². The third kappa shape index (κ3) is 7.82. The molecule has 0 aromatic heterocycles. The summed E-state index contributed by atoms with van der Waals surface area (Å²) in [4.78, 5) is 40.0. The zero-order valence-corrected chi connectivity index (χ0v) is 19.8. The van der Waals surface area contributed by atoms with E-state index in [0.29, 0.717) is 17.7 Å². The minimum atomic E-state index is -1.01. The number of benzene rings is 2. The molecule has 8 nitrogen and oxygen atoms in total. The van der Waals surface area contributed by atoms with Gasteiger partial charge in [-0.15, -0.1) is 0 Å². The number of aryl methyl sites for hydroxylation is 1. The Kier molecular flexibility index (Phi) is 8.85. The van der Waals surface area contributed by atoms with E-state index in [1.54, 1.807) is 39.0 Å². The van der Waals surface area contributed by atoms with Crippen LogP contribution in [0.5, 0.6) is 5.75 Å². The molecule has 0 spiro atoms. The van der Waals surface area contributed by atoms with E-state index >= 15 is 0 Å². The summed E-state index contributed by atoms with van der Waals surface area (Å²) < 4.78 is 5.20. The van der Waals surface area contributed by atoms with Crippen LogP contribution in [0.25, 0.3) is 0 Å². The number of nitrogens with zero attached hydrogens (tertiary/aromatic N) is 1. The smallest absolute Gasteiger partial charge is 0.408 e. The summed E-state index contributed by atoms with van der Waals surface area (Å²) in [7, 11) is 0. The quantitative estimate of drug-likeness (QED) is 0.554. The van der Waals surface area contributed by atoms with Crippen LogP contribution in [0.3, 0.4) is 0 Å². The zero-order chi connectivity index (χ0) is 24.6. The summed E-state index contributed by atoms with van der Waals surface area (Å²) in [6.45, 7) is 8.89. The van der Waals surface area contributed by atoms with E-state index in [4.69, 9.17) is 4.74 Å². The fourth-order valence-electron chi connectivity index (χ4n) is 3.28. The molecule has 0 bridgehead atoms. The number of aromatic hydroxyl groups is 1. The number of carbonyl (C=O) groups excluding carboxylic acids is 3. The Hall–Kier alpha value is -3.55. The van der Waals surface area contributed by atoms with Crippen LogP contribution < -0.4 is 10.6 Å². The van der Waals surface area contributed by atoms with Crippen LogP contribution in [-0.2, 0) is 14.3 Å². The SMILES string of the molecule is CCCN(C(=O)CNC(=O)OC(C)(C)C)C(C(=O)Nc1ccccc1C)c1cccc(O)c1. The molecule has 0 radical (unpaired) electrons. The molecule has 33 heavy (non-hydrogen) atoms. The first kappa shape index (κ1) is 25.7. The van der Waals surface area contributed by atoms with Gasteiger partial charge in [0.2, 0.25) is 5.91 Å². The number of hydrogen-bond acceptors (Lipinski definition) is 5. The van der Waals surface area contributed by atoms with Crippen LogP contribution in [-0.4, -0.2) is 46.6 Å². The number of hydrogen-bond donors (Lipinski definition) is 3. The molecule has 0 saturated carbocycles. The molecule has 0 heterocycles. The van der Waals surface area contributed by atoms with Crippen LogP contribution in [0.4, 0.5) is 10.5 Å². The van der Waals surface area contributed by atoms with E-state index in [2.05, 4.69) is 10.6 Å². The Morgan fingerprint density at radius 3 is 2.39 bits per heavy atom. The molecule has 178 valence electrons. The summed E-state index contributed by atoms with van der Waals surface area (Å²) in [5, 5.41) is 15.4. The van der Waals surface area contributed by atoms with E-state index in [1.807, 2.05) is 32.0 Å². The summed E-state index contributed by atoms with van der Waals surface area (Å²) in [5.41, 5.74) is 1.26. The van der Waals surface area contributed by atoms with Crippen molar-refractivity contribution in [3.63, 3.8) is 0 Å². The number of ether oxygens (including phenoxy) is 1. The topological polar surface area (TPSA) is 108 Å². The minimum Gasteiger partial charge on any atom is -0.508 e. The maximum absolute atomic E-state index is 13.4. The Labute approximate surface area is 194 Å². The first-order valence-corrected chi connectivity index (χ1v) is 10.9. The maximum atomic E-state index is 13.4. The predicted octanol–water partition coefficient (Wildman–Crippen LogP) is 4.14. The lowest BCUT2D eigenvalue weighted by Gasteiger charge is -2.31. The minimum absolute atomic E-state index is 0.0167. The Balaban J connectivity index is 2.32. The average Bonchev–Trinajstić information content (AvgIpc) is 2.72. The third-order valence-corrected chi connectivity index (χ3v) is 4.72. The standard InChI is InChI=1S/C25H33N3O5/c1-6-14-28(21(30)16-26-24(32)33-25(3,4)5)22(18-11-9-12-19(29)15-18)23(31)27-20-13-8-7-10-17(20)2/h7-13,15,22,29H,6,14,16H2,1-5H3,(H,26,32)(H,27,31). The number of nitrogens with one attached hydrogen (secondary N) is 2. The second-order valence-electron chi connectivity index (χ2n) is 8.74. The van der Waals surface area contributed by atoms with Gasteiger partial charge in [0.1, 0.15) is 23.9 Å². The molecule has 2 aromatic carbocycles. The normalized spacial score (nSPS) is 11.9. The molecule has 2 aromatic rings. The van der Waals surface area contributed by atoms with Crippen LogP contribution in [0, 0.1) is 6.92 Å². The van der Waals surface area contributed by atoms with Gasteiger partial charge in [-0.2, -0.15) is 0 Å². The van der Waals surface area contributed by atoms with E-state index in [0.717, 1.165) is 5.56 Å². The molecule has 0 aliphatic rings. The molecule has 2 rings (SSSR count).